The summed E-state index contributed by atoms with van der Waals surface area (Å²) in [6.45, 7) is 5.81. The Morgan fingerprint density at radius 1 is 1.50 bits per heavy atom. The number of aryl methyl sites for hydroxylation is 2. The summed E-state index contributed by atoms with van der Waals surface area (Å²) in [5, 5.41) is 12.2. The number of thioether (sulfide) groups is 1. The average molecular weight is 240 g/mol. The lowest BCUT2D eigenvalue weighted by Gasteiger charge is -2.11. The van der Waals surface area contributed by atoms with Crippen LogP contribution in [0.1, 0.15) is 24.7 Å². The summed E-state index contributed by atoms with van der Waals surface area (Å²) >= 11 is 1.41. The van der Waals surface area contributed by atoms with Crippen LogP contribution < -0.4 is 5.73 Å². The maximum atomic E-state index is 8.63. The Labute approximate surface area is 99.2 Å². The Hall–Kier alpha value is -1.30. The molecule has 0 aromatic carbocycles. The van der Waals surface area contributed by atoms with Gasteiger partial charge < -0.3 is 10.9 Å². The van der Waals surface area contributed by atoms with Crippen molar-refractivity contribution in [3.05, 3.63) is 17.5 Å². The third kappa shape index (κ3) is 3.37. The highest BCUT2D eigenvalue weighted by Crippen LogP contribution is 2.22. The fourth-order valence-corrected chi connectivity index (χ4v) is 2.27. The third-order valence-corrected chi connectivity index (χ3v) is 3.28. The quantitative estimate of drug-likeness (QED) is 0.209. The lowest BCUT2D eigenvalue weighted by Crippen LogP contribution is -2.25. The van der Waals surface area contributed by atoms with Gasteiger partial charge in [-0.05, 0) is 26.3 Å². The highest BCUT2D eigenvalue weighted by molar-refractivity contribution is 8.00. The molecule has 6 heteroatoms. The molecule has 0 radical (unpaired) electrons. The van der Waals surface area contributed by atoms with Crippen LogP contribution in [-0.4, -0.2) is 26.3 Å². The molecule has 0 saturated carbocycles. The molecule has 0 saturated heterocycles. The smallest absolute Gasteiger partial charge is 0.188 e. The van der Waals surface area contributed by atoms with Crippen molar-refractivity contribution >= 4 is 17.6 Å². The van der Waals surface area contributed by atoms with Crippen molar-refractivity contribution in [2.45, 2.75) is 37.6 Å². The zero-order valence-electron chi connectivity index (χ0n) is 9.64. The van der Waals surface area contributed by atoms with E-state index in [4.69, 9.17) is 10.9 Å². The van der Waals surface area contributed by atoms with Crippen LogP contribution in [0.15, 0.2) is 16.4 Å². The molecule has 0 aliphatic carbocycles. The van der Waals surface area contributed by atoms with Crippen LogP contribution in [0.5, 0.6) is 0 Å². The molecule has 1 aromatic rings. The molecule has 0 amide bonds. The summed E-state index contributed by atoms with van der Waals surface area (Å²) < 4.78 is 0. The first-order chi connectivity index (χ1) is 7.56. The van der Waals surface area contributed by atoms with Crippen LogP contribution in [0.4, 0.5) is 0 Å². The molecular weight excluding hydrogens is 224 g/mol. The third-order valence-electron chi connectivity index (χ3n) is 2.03. The van der Waals surface area contributed by atoms with Gasteiger partial charge in [-0.3, -0.25) is 0 Å². The molecule has 0 aliphatic rings. The molecule has 0 aliphatic heterocycles. The number of rotatable bonds is 4. The zero-order valence-corrected chi connectivity index (χ0v) is 10.5. The SMILES string of the molecule is CCC(Sc1nc(C)cc(C)n1)C(N)=NO. The van der Waals surface area contributed by atoms with Gasteiger partial charge in [-0.25, -0.2) is 9.97 Å². The molecule has 1 atom stereocenters. The van der Waals surface area contributed by atoms with Crippen LogP contribution in [0.25, 0.3) is 0 Å². The summed E-state index contributed by atoms with van der Waals surface area (Å²) in [6.07, 6.45) is 0.761. The molecule has 16 heavy (non-hydrogen) atoms. The summed E-state index contributed by atoms with van der Waals surface area (Å²) in [5.74, 6) is 0.204. The predicted molar refractivity (Wildman–Crippen MR) is 64.9 cm³/mol. The van der Waals surface area contributed by atoms with Crippen LogP contribution >= 0.6 is 11.8 Å². The first-order valence-corrected chi connectivity index (χ1v) is 5.91. The molecule has 1 rings (SSSR count). The van der Waals surface area contributed by atoms with Crippen molar-refractivity contribution in [1.29, 1.82) is 0 Å². The van der Waals surface area contributed by atoms with Gasteiger partial charge in [0.2, 0.25) is 0 Å². The Morgan fingerprint density at radius 3 is 2.50 bits per heavy atom. The van der Waals surface area contributed by atoms with Gasteiger partial charge in [-0.2, -0.15) is 0 Å². The highest BCUT2D eigenvalue weighted by Gasteiger charge is 2.15. The van der Waals surface area contributed by atoms with E-state index in [1.54, 1.807) is 0 Å². The van der Waals surface area contributed by atoms with Gasteiger partial charge in [0.25, 0.3) is 0 Å². The lowest BCUT2D eigenvalue weighted by molar-refractivity contribution is 0.317. The topological polar surface area (TPSA) is 84.4 Å². The van der Waals surface area contributed by atoms with E-state index < -0.39 is 0 Å². The summed E-state index contributed by atoms with van der Waals surface area (Å²) in [5.41, 5.74) is 7.42. The predicted octanol–water partition coefficient (Wildman–Crippen LogP) is 1.71. The standard InChI is InChI=1S/C10H16N4OS/c1-4-8(9(11)14-15)16-10-12-6(2)5-7(3)13-10/h5,8,15H,4H2,1-3H3,(H2,11,14). The van der Waals surface area contributed by atoms with Crippen LogP contribution in [0.2, 0.25) is 0 Å². The van der Waals surface area contributed by atoms with E-state index >= 15 is 0 Å². The van der Waals surface area contributed by atoms with Crippen molar-refractivity contribution < 1.29 is 5.21 Å². The second-order valence-corrected chi connectivity index (χ2v) is 4.64. The fraction of sp³-hybridized carbons (Fsp3) is 0.500. The van der Waals surface area contributed by atoms with Crippen LogP contribution in [0.3, 0.4) is 0 Å². The van der Waals surface area contributed by atoms with Gasteiger partial charge in [0, 0.05) is 11.4 Å². The van der Waals surface area contributed by atoms with Crippen molar-refractivity contribution in [3.63, 3.8) is 0 Å². The minimum Gasteiger partial charge on any atom is -0.409 e. The average Bonchev–Trinajstić information content (AvgIpc) is 2.23. The van der Waals surface area contributed by atoms with Gasteiger partial charge in [0.05, 0.1) is 5.25 Å². The Morgan fingerprint density at radius 2 is 2.06 bits per heavy atom. The number of nitrogens with zero attached hydrogens (tertiary/aromatic N) is 3. The molecule has 0 bridgehead atoms. The van der Waals surface area contributed by atoms with E-state index in [0.717, 1.165) is 17.8 Å². The maximum absolute atomic E-state index is 8.63. The number of nitrogens with two attached hydrogens (primary N) is 1. The molecule has 1 unspecified atom stereocenters. The van der Waals surface area contributed by atoms with E-state index in [-0.39, 0.29) is 11.1 Å². The minimum absolute atomic E-state index is 0.0915. The zero-order chi connectivity index (χ0) is 12.1. The molecule has 0 fully saturated rings. The second-order valence-electron chi connectivity index (χ2n) is 3.47. The van der Waals surface area contributed by atoms with Gasteiger partial charge in [-0.15, -0.1) is 0 Å². The number of oxime groups is 1. The Bertz CT molecular complexity index is 374. The van der Waals surface area contributed by atoms with E-state index in [1.807, 2.05) is 26.8 Å². The van der Waals surface area contributed by atoms with E-state index in [2.05, 4.69) is 15.1 Å². The van der Waals surface area contributed by atoms with Gasteiger partial charge in [0.15, 0.2) is 11.0 Å². The molecule has 5 nitrogen and oxygen atoms in total. The first-order valence-electron chi connectivity index (χ1n) is 5.03. The summed E-state index contributed by atoms with van der Waals surface area (Å²) in [7, 11) is 0. The van der Waals surface area contributed by atoms with Gasteiger partial charge >= 0.3 is 0 Å². The normalized spacial score (nSPS) is 13.8. The van der Waals surface area contributed by atoms with Gasteiger partial charge in [0.1, 0.15) is 0 Å². The van der Waals surface area contributed by atoms with Crippen molar-refractivity contribution in [3.8, 4) is 0 Å². The number of hydrogen-bond acceptors (Lipinski definition) is 5. The molecule has 3 N–H and O–H groups in total. The van der Waals surface area contributed by atoms with Crippen LogP contribution in [0, 0.1) is 13.8 Å². The molecule has 1 aromatic heterocycles. The van der Waals surface area contributed by atoms with E-state index in [0.29, 0.717) is 5.16 Å². The van der Waals surface area contributed by atoms with Crippen molar-refractivity contribution in [2.24, 2.45) is 10.9 Å². The van der Waals surface area contributed by atoms with E-state index in [1.165, 1.54) is 11.8 Å². The minimum atomic E-state index is -0.0915. The van der Waals surface area contributed by atoms with Crippen molar-refractivity contribution in [1.82, 2.24) is 9.97 Å². The first kappa shape index (κ1) is 12.8. The number of amidine groups is 1. The Kier molecular flexibility index (Phi) is 4.54. The monoisotopic (exact) mass is 240 g/mol. The molecule has 0 spiro atoms. The number of hydrogen-bond donors (Lipinski definition) is 2. The maximum Gasteiger partial charge on any atom is 0.188 e. The molecular formula is C10H16N4OS. The summed E-state index contributed by atoms with van der Waals surface area (Å²) in [6, 6.07) is 1.91. The van der Waals surface area contributed by atoms with E-state index in [9.17, 15) is 0 Å². The van der Waals surface area contributed by atoms with Crippen LogP contribution in [-0.2, 0) is 0 Å². The number of aromatic nitrogens is 2. The second kappa shape index (κ2) is 5.69. The highest BCUT2D eigenvalue weighted by atomic mass is 32.2. The molecule has 1 heterocycles. The van der Waals surface area contributed by atoms with Gasteiger partial charge in [-0.1, -0.05) is 23.8 Å². The lowest BCUT2D eigenvalue weighted by atomic mass is 10.3. The molecule has 88 valence electrons. The fourth-order valence-electron chi connectivity index (χ4n) is 1.29. The Balaban J connectivity index is 2.86. The largest absolute Gasteiger partial charge is 0.409 e. The summed E-state index contributed by atoms with van der Waals surface area (Å²) in [4.78, 5) is 8.60. The van der Waals surface area contributed by atoms with Crippen molar-refractivity contribution in [2.75, 3.05) is 0 Å².